The number of aryl methyl sites for hydroxylation is 2. The molecule has 0 saturated carbocycles. The SMILES string of the molecule is Cc1nnc(NC(=O)C(C)N2C(=O)CCCc3ccccc32)s1. The van der Waals surface area contributed by atoms with E-state index in [1.807, 2.05) is 31.2 Å². The molecule has 1 N–H and O–H groups in total. The molecule has 1 aliphatic heterocycles. The van der Waals surface area contributed by atoms with Crippen LogP contribution in [-0.2, 0) is 16.0 Å². The van der Waals surface area contributed by atoms with Gasteiger partial charge in [0.1, 0.15) is 11.0 Å². The molecular weight excluding hydrogens is 312 g/mol. The number of nitrogens with zero attached hydrogens (tertiary/aromatic N) is 3. The maximum Gasteiger partial charge on any atom is 0.249 e. The van der Waals surface area contributed by atoms with Gasteiger partial charge in [-0.1, -0.05) is 29.5 Å². The lowest BCUT2D eigenvalue weighted by molar-refractivity contribution is -0.123. The Morgan fingerprint density at radius 1 is 1.30 bits per heavy atom. The molecular formula is C16H18N4O2S. The van der Waals surface area contributed by atoms with Gasteiger partial charge >= 0.3 is 0 Å². The molecule has 1 atom stereocenters. The Morgan fingerprint density at radius 2 is 2.09 bits per heavy atom. The molecule has 2 aromatic rings. The fraction of sp³-hybridized carbons (Fsp3) is 0.375. The number of para-hydroxylation sites is 1. The van der Waals surface area contributed by atoms with Crippen LogP contribution in [0.4, 0.5) is 10.8 Å². The van der Waals surface area contributed by atoms with Crippen LogP contribution in [-0.4, -0.2) is 28.1 Å². The van der Waals surface area contributed by atoms with Gasteiger partial charge in [-0.2, -0.15) is 0 Å². The van der Waals surface area contributed by atoms with Gasteiger partial charge in [0.25, 0.3) is 0 Å². The molecule has 7 heteroatoms. The van der Waals surface area contributed by atoms with E-state index in [1.165, 1.54) is 11.3 Å². The molecule has 0 aliphatic carbocycles. The minimum absolute atomic E-state index is 0.0222. The normalized spacial score (nSPS) is 15.7. The third kappa shape index (κ3) is 3.24. The van der Waals surface area contributed by atoms with Crippen molar-refractivity contribution in [3.63, 3.8) is 0 Å². The maximum absolute atomic E-state index is 12.5. The molecule has 3 rings (SSSR count). The molecule has 0 radical (unpaired) electrons. The summed E-state index contributed by atoms with van der Waals surface area (Å²) in [6, 6.07) is 7.16. The zero-order valence-electron chi connectivity index (χ0n) is 13.1. The average molecular weight is 330 g/mol. The summed E-state index contributed by atoms with van der Waals surface area (Å²) < 4.78 is 0. The van der Waals surface area contributed by atoms with Gasteiger partial charge < -0.3 is 0 Å². The van der Waals surface area contributed by atoms with Crippen LogP contribution in [0, 0.1) is 6.92 Å². The summed E-state index contributed by atoms with van der Waals surface area (Å²) in [6.45, 7) is 3.56. The van der Waals surface area contributed by atoms with E-state index < -0.39 is 6.04 Å². The Labute approximate surface area is 138 Å². The van der Waals surface area contributed by atoms with Gasteiger partial charge in [-0.3, -0.25) is 19.8 Å². The number of hydrogen-bond donors (Lipinski definition) is 1. The number of anilines is 2. The van der Waals surface area contributed by atoms with Crippen LogP contribution in [0.25, 0.3) is 0 Å². The third-order valence-electron chi connectivity index (χ3n) is 3.88. The molecule has 2 amide bonds. The molecule has 0 bridgehead atoms. The molecule has 23 heavy (non-hydrogen) atoms. The molecule has 1 unspecified atom stereocenters. The summed E-state index contributed by atoms with van der Waals surface area (Å²) in [5, 5.41) is 11.8. The first-order valence-electron chi connectivity index (χ1n) is 7.57. The maximum atomic E-state index is 12.5. The number of aromatic nitrogens is 2. The summed E-state index contributed by atoms with van der Waals surface area (Å²) in [7, 11) is 0. The van der Waals surface area contributed by atoms with Gasteiger partial charge in [-0.25, -0.2) is 0 Å². The summed E-state index contributed by atoms with van der Waals surface area (Å²) in [6.07, 6.45) is 2.10. The number of carbonyl (C=O) groups is 2. The molecule has 1 aliphatic rings. The second-order valence-corrected chi connectivity index (χ2v) is 6.72. The quantitative estimate of drug-likeness (QED) is 0.938. The van der Waals surface area contributed by atoms with Crippen molar-refractivity contribution in [3.05, 3.63) is 34.8 Å². The number of benzene rings is 1. The van der Waals surface area contributed by atoms with E-state index in [-0.39, 0.29) is 11.8 Å². The highest BCUT2D eigenvalue weighted by atomic mass is 32.1. The van der Waals surface area contributed by atoms with Gasteiger partial charge in [0, 0.05) is 12.1 Å². The van der Waals surface area contributed by atoms with Gasteiger partial charge in [0.2, 0.25) is 16.9 Å². The zero-order valence-corrected chi connectivity index (χ0v) is 13.9. The first-order chi connectivity index (χ1) is 11.1. The molecule has 1 aromatic heterocycles. The zero-order chi connectivity index (χ0) is 16.4. The van der Waals surface area contributed by atoms with Gasteiger partial charge in [-0.05, 0) is 38.3 Å². The molecule has 1 aromatic carbocycles. The van der Waals surface area contributed by atoms with E-state index in [9.17, 15) is 9.59 Å². The lowest BCUT2D eigenvalue weighted by atomic mass is 10.1. The summed E-state index contributed by atoms with van der Waals surface area (Å²) in [5.74, 6) is -0.280. The van der Waals surface area contributed by atoms with Crippen molar-refractivity contribution < 1.29 is 9.59 Å². The van der Waals surface area contributed by atoms with Crippen molar-refractivity contribution in [2.45, 2.75) is 39.2 Å². The Bertz CT molecular complexity index is 743. The number of amides is 2. The Morgan fingerprint density at radius 3 is 2.83 bits per heavy atom. The first-order valence-corrected chi connectivity index (χ1v) is 8.39. The fourth-order valence-corrected chi connectivity index (χ4v) is 3.34. The minimum Gasteiger partial charge on any atom is -0.300 e. The highest BCUT2D eigenvalue weighted by Crippen LogP contribution is 2.29. The second-order valence-electron chi connectivity index (χ2n) is 5.54. The predicted octanol–water partition coefficient (Wildman–Crippen LogP) is 2.54. The third-order valence-corrected chi connectivity index (χ3v) is 4.63. The van der Waals surface area contributed by atoms with E-state index in [4.69, 9.17) is 0 Å². The van der Waals surface area contributed by atoms with E-state index in [1.54, 1.807) is 11.8 Å². The first kappa shape index (κ1) is 15.6. The van der Waals surface area contributed by atoms with Gasteiger partial charge in [0.05, 0.1) is 0 Å². The molecule has 0 saturated heterocycles. The lowest BCUT2D eigenvalue weighted by Crippen LogP contribution is -2.45. The molecule has 6 nitrogen and oxygen atoms in total. The van der Waals surface area contributed by atoms with E-state index in [2.05, 4.69) is 15.5 Å². The Balaban J connectivity index is 1.86. The summed E-state index contributed by atoms with van der Waals surface area (Å²) in [5.41, 5.74) is 1.93. The smallest absolute Gasteiger partial charge is 0.249 e. The largest absolute Gasteiger partial charge is 0.300 e. The molecule has 0 spiro atoms. The number of fused-ring (bicyclic) bond motifs is 1. The van der Waals surface area contributed by atoms with Crippen LogP contribution < -0.4 is 10.2 Å². The topological polar surface area (TPSA) is 75.2 Å². The van der Waals surface area contributed by atoms with Crippen molar-refractivity contribution in [2.75, 3.05) is 10.2 Å². The monoisotopic (exact) mass is 330 g/mol. The van der Waals surface area contributed by atoms with Crippen LogP contribution in [0.1, 0.15) is 30.3 Å². The van der Waals surface area contributed by atoms with Gasteiger partial charge in [0.15, 0.2) is 0 Å². The van der Waals surface area contributed by atoms with Crippen molar-refractivity contribution in [1.29, 1.82) is 0 Å². The number of hydrogen-bond acceptors (Lipinski definition) is 5. The van der Waals surface area contributed by atoms with E-state index >= 15 is 0 Å². The average Bonchev–Trinajstić information content (AvgIpc) is 2.85. The van der Waals surface area contributed by atoms with Crippen molar-refractivity contribution in [1.82, 2.24) is 10.2 Å². The minimum atomic E-state index is -0.606. The van der Waals surface area contributed by atoms with Gasteiger partial charge in [-0.15, -0.1) is 10.2 Å². The number of nitrogens with one attached hydrogen (secondary N) is 1. The molecule has 120 valence electrons. The Hall–Kier alpha value is -2.28. The molecule has 0 fully saturated rings. The lowest BCUT2D eigenvalue weighted by Gasteiger charge is -2.28. The summed E-state index contributed by atoms with van der Waals surface area (Å²) >= 11 is 1.31. The highest BCUT2D eigenvalue weighted by Gasteiger charge is 2.30. The van der Waals surface area contributed by atoms with Crippen LogP contribution in [0.15, 0.2) is 24.3 Å². The Kier molecular flexibility index (Phi) is 4.38. The number of rotatable bonds is 3. The van der Waals surface area contributed by atoms with Crippen LogP contribution in [0.2, 0.25) is 0 Å². The van der Waals surface area contributed by atoms with Crippen LogP contribution in [0.5, 0.6) is 0 Å². The van der Waals surface area contributed by atoms with Crippen molar-refractivity contribution >= 4 is 34.0 Å². The van der Waals surface area contributed by atoms with E-state index in [0.29, 0.717) is 11.6 Å². The van der Waals surface area contributed by atoms with Crippen LogP contribution in [0.3, 0.4) is 0 Å². The standard InChI is InChI=1S/C16H18N4O2S/c1-10(15(22)17-16-19-18-11(2)23-16)20-13-8-4-3-6-12(13)7-5-9-14(20)21/h3-4,6,8,10H,5,7,9H2,1-2H3,(H,17,19,22). The van der Waals surface area contributed by atoms with Crippen LogP contribution >= 0.6 is 11.3 Å². The highest BCUT2D eigenvalue weighted by molar-refractivity contribution is 7.15. The van der Waals surface area contributed by atoms with Crippen molar-refractivity contribution in [2.24, 2.45) is 0 Å². The molecule has 2 heterocycles. The fourth-order valence-electron chi connectivity index (χ4n) is 2.74. The predicted molar refractivity (Wildman–Crippen MR) is 89.6 cm³/mol. The number of carbonyl (C=O) groups excluding carboxylic acids is 2. The second kappa shape index (κ2) is 6.45. The van der Waals surface area contributed by atoms with E-state index in [0.717, 1.165) is 29.1 Å². The summed E-state index contributed by atoms with van der Waals surface area (Å²) in [4.78, 5) is 26.6. The van der Waals surface area contributed by atoms with Crippen molar-refractivity contribution in [3.8, 4) is 0 Å².